The van der Waals surface area contributed by atoms with E-state index in [0.717, 1.165) is 22.3 Å². The molecule has 4 nitrogen and oxygen atoms in total. The summed E-state index contributed by atoms with van der Waals surface area (Å²) in [6.45, 7) is 1.93. The molecule has 0 saturated heterocycles. The van der Waals surface area contributed by atoms with Gasteiger partial charge in [-0.2, -0.15) is 0 Å². The van der Waals surface area contributed by atoms with Gasteiger partial charge in [-0.25, -0.2) is 0 Å². The second kappa shape index (κ2) is 4.10. The third kappa shape index (κ3) is 1.77. The van der Waals surface area contributed by atoms with E-state index in [-0.39, 0.29) is 0 Å². The quantitative estimate of drug-likeness (QED) is 0.746. The molecule has 4 heteroatoms. The number of pyridine rings is 2. The van der Waals surface area contributed by atoms with Gasteiger partial charge in [-0.1, -0.05) is 0 Å². The highest BCUT2D eigenvalue weighted by Gasteiger charge is 2.02. The molecule has 0 aliphatic carbocycles. The lowest BCUT2D eigenvalue weighted by molar-refractivity contribution is 1.23. The fourth-order valence-electron chi connectivity index (χ4n) is 1.49. The van der Waals surface area contributed by atoms with E-state index in [0.29, 0.717) is 5.57 Å². The van der Waals surface area contributed by atoms with Crippen LogP contribution in [0, 0.1) is 12.3 Å². The van der Waals surface area contributed by atoms with Gasteiger partial charge in [-0.3, -0.25) is 9.97 Å². The van der Waals surface area contributed by atoms with Crippen LogP contribution in [-0.4, -0.2) is 16.2 Å². The van der Waals surface area contributed by atoms with Crippen LogP contribution >= 0.6 is 0 Å². The molecule has 0 bridgehead atoms. The summed E-state index contributed by atoms with van der Waals surface area (Å²) in [7, 11) is 0. The number of rotatable bonds is 2. The Kier molecular flexibility index (Phi) is 2.64. The number of nitrogens with one attached hydrogen (secondary N) is 1. The maximum absolute atomic E-state index is 7.23. The Bertz CT molecular complexity index is 572. The highest BCUT2D eigenvalue weighted by Crippen LogP contribution is 2.16. The zero-order valence-electron chi connectivity index (χ0n) is 8.94. The van der Waals surface area contributed by atoms with Crippen molar-refractivity contribution < 1.29 is 0 Å². The number of fused-ring (bicyclic) bond motifs is 1. The van der Waals surface area contributed by atoms with E-state index >= 15 is 0 Å². The van der Waals surface area contributed by atoms with E-state index < -0.39 is 0 Å². The van der Waals surface area contributed by atoms with Crippen molar-refractivity contribution in [1.82, 2.24) is 9.97 Å². The first-order chi connectivity index (χ1) is 7.74. The second-order valence-corrected chi connectivity index (χ2v) is 3.48. The van der Waals surface area contributed by atoms with Crippen LogP contribution in [0.15, 0.2) is 30.6 Å². The number of hydrogen-bond acceptors (Lipinski definition) is 4. The van der Waals surface area contributed by atoms with Crippen molar-refractivity contribution >= 4 is 22.8 Å². The van der Waals surface area contributed by atoms with Gasteiger partial charge in [-0.05, 0) is 25.1 Å². The van der Waals surface area contributed by atoms with E-state index in [4.69, 9.17) is 11.1 Å². The molecular weight excluding hydrogens is 200 g/mol. The fraction of sp³-hybridized carbons (Fsp3) is 0.0833. The maximum atomic E-state index is 7.23. The highest BCUT2D eigenvalue weighted by atomic mass is 14.8. The van der Waals surface area contributed by atoms with Crippen molar-refractivity contribution in [3.63, 3.8) is 0 Å². The van der Waals surface area contributed by atoms with Gasteiger partial charge in [0, 0.05) is 35.4 Å². The van der Waals surface area contributed by atoms with Crippen molar-refractivity contribution in [3.8, 4) is 0 Å². The van der Waals surface area contributed by atoms with Gasteiger partial charge in [0.15, 0.2) is 0 Å². The fourth-order valence-corrected chi connectivity index (χ4v) is 1.49. The first-order valence-electron chi connectivity index (χ1n) is 4.91. The van der Waals surface area contributed by atoms with Crippen LogP contribution in [0.4, 0.5) is 0 Å². The summed E-state index contributed by atoms with van der Waals surface area (Å²) in [6.07, 6.45) is 4.30. The third-order valence-corrected chi connectivity index (χ3v) is 2.34. The molecule has 0 saturated carbocycles. The van der Waals surface area contributed by atoms with E-state index in [1.807, 2.05) is 25.1 Å². The van der Waals surface area contributed by atoms with E-state index in [2.05, 4.69) is 9.97 Å². The first kappa shape index (κ1) is 10.3. The average molecular weight is 212 g/mol. The first-order valence-corrected chi connectivity index (χ1v) is 4.91. The lowest BCUT2D eigenvalue weighted by atomic mass is 10.1. The molecular formula is C12H12N4. The molecule has 0 aromatic carbocycles. The number of aryl methyl sites for hydroxylation is 1. The van der Waals surface area contributed by atoms with Crippen LogP contribution in [0.3, 0.4) is 0 Å². The minimum absolute atomic E-state index is 0.637. The molecule has 0 unspecified atom stereocenters. The van der Waals surface area contributed by atoms with Gasteiger partial charge in [-0.15, -0.1) is 0 Å². The van der Waals surface area contributed by atoms with Gasteiger partial charge in [0.25, 0.3) is 0 Å². The summed E-state index contributed by atoms with van der Waals surface area (Å²) in [5.41, 5.74) is 9.48. The topological polar surface area (TPSA) is 75.7 Å². The predicted octanol–water partition coefficient (Wildman–Crippen LogP) is 1.89. The Morgan fingerprint density at radius 2 is 2.19 bits per heavy atom. The number of aromatic nitrogens is 2. The van der Waals surface area contributed by atoms with Crippen LogP contribution in [0.5, 0.6) is 0 Å². The molecule has 0 radical (unpaired) electrons. The van der Waals surface area contributed by atoms with Crippen molar-refractivity contribution in [2.24, 2.45) is 5.73 Å². The number of nitrogens with zero attached hydrogens (tertiary/aromatic N) is 2. The Morgan fingerprint density at radius 3 is 2.88 bits per heavy atom. The molecule has 2 heterocycles. The summed E-state index contributed by atoms with van der Waals surface area (Å²) in [5, 5.41) is 7.23. The lowest BCUT2D eigenvalue weighted by Gasteiger charge is -2.02. The van der Waals surface area contributed by atoms with Crippen molar-refractivity contribution in [2.75, 3.05) is 0 Å². The summed E-state index contributed by atoms with van der Waals surface area (Å²) < 4.78 is 0. The van der Waals surface area contributed by atoms with Crippen LogP contribution < -0.4 is 5.73 Å². The van der Waals surface area contributed by atoms with Crippen LogP contribution in [0.2, 0.25) is 0 Å². The van der Waals surface area contributed by atoms with Crippen LogP contribution in [-0.2, 0) is 0 Å². The molecule has 3 N–H and O–H groups in total. The maximum Gasteiger partial charge on any atom is 0.0896 e. The minimum Gasteiger partial charge on any atom is -0.404 e. The smallest absolute Gasteiger partial charge is 0.0896 e. The van der Waals surface area contributed by atoms with Gasteiger partial charge < -0.3 is 11.1 Å². The molecule has 0 aliphatic heterocycles. The van der Waals surface area contributed by atoms with Gasteiger partial charge in [0.05, 0.1) is 11.0 Å². The molecule has 2 aromatic heterocycles. The molecule has 0 amide bonds. The molecule has 0 atom stereocenters. The van der Waals surface area contributed by atoms with E-state index in [1.165, 1.54) is 12.4 Å². The standard InChI is InChI=1S/C12H12N4/c1-8-2-3-11-12(16-8)4-9(7-15-11)10(5-13)6-14/h2-7,13H,14H2,1H3. The Hall–Kier alpha value is -2.23. The Morgan fingerprint density at radius 1 is 1.38 bits per heavy atom. The van der Waals surface area contributed by atoms with Gasteiger partial charge in [0.1, 0.15) is 0 Å². The van der Waals surface area contributed by atoms with Crippen molar-refractivity contribution in [3.05, 3.63) is 41.9 Å². The molecule has 16 heavy (non-hydrogen) atoms. The number of nitrogens with two attached hydrogens (primary N) is 1. The summed E-state index contributed by atoms with van der Waals surface area (Å²) in [4.78, 5) is 8.66. The lowest BCUT2D eigenvalue weighted by Crippen LogP contribution is -1.93. The van der Waals surface area contributed by atoms with E-state index in [1.54, 1.807) is 6.20 Å². The zero-order valence-corrected chi connectivity index (χ0v) is 8.94. The monoisotopic (exact) mass is 212 g/mol. The molecule has 2 rings (SSSR count). The Labute approximate surface area is 93.3 Å². The van der Waals surface area contributed by atoms with Gasteiger partial charge in [0.2, 0.25) is 0 Å². The summed E-state index contributed by atoms with van der Waals surface area (Å²) in [5.74, 6) is 0. The number of allylic oxidation sites excluding steroid dienone is 1. The zero-order chi connectivity index (χ0) is 11.5. The minimum atomic E-state index is 0.637. The molecule has 0 aliphatic rings. The molecule has 2 aromatic rings. The second-order valence-electron chi connectivity index (χ2n) is 3.48. The Balaban J connectivity index is 2.63. The number of hydrogen-bond donors (Lipinski definition) is 2. The third-order valence-electron chi connectivity index (χ3n) is 2.34. The van der Waals surface area contributed by atoms with Crippen molar-refractivity contribution in [1.29, 1.82) is 5.41 Å². The SMILES string of the molecule is Cc1ccc2ncc(C(C=N)=CN)cc2n1. The molecule has 0 spiro atoms. The van der Waals surface area contributed by atoms with Crippen molar-refractivity contribution in [2.45, 2.75) is 6.92 Å². The molecule has 80 valence electrons. The van der Waals surface area contributed by atoms with Crippen LogP contribution in [0.25, 0.3) is 16.6 Å². The van der Waals surface area contributed by atoms with Crippen LogP contribution in [0.1, 0.15) is 11.3 Å². The molecule has 0 fully saturated rings. The average Bonchev–Trinajstić information content (AvgIpc) is 2.30. The normalized spacial score (nSPS) is 11.7. The predicted molar refractivity (Wildman–Crippen MR) is 65.2 cm³/mol. The van der Waals surface area contributed by atoms with Gasteiger partial charge >= 0.3 is 0 Å². The van der Waals surface area contributed by atoms with E-state index in [9.17, 15) is 0 Å². The largest absolute Gasteiger partial charge is 0.404 e. The summed E-state index contributed by atoms with van der Waals surface area (Å²) in [6, 6.07) is 5.74. The highest BCUT2D eigenvalue weighted by molar-refractivity contribution is 6.08. The summed E-state index contributed by atoms with van der Waals surface area (Å²) >= 11 is 0.